The highest BCUT2D eigenvalue weighted by Crippen LogP contribution is 2.24. The van der Waals surface area contributed by atoms with Gasteiger partial charge in [0.25, 0.3) is 0 Å². The number of sulfonamides is 1. The van der Waals surface area contributed by atoms with Gasteiger partial charge in [-0.25, -0.2) is 17.5 Å². The number of halogens is 2. The van der Waals surface area contributed by atoms with E-state index in [9.17, 15) is 12.8 Å². The second kappa shape index (κ2) is 6.39. The highest BCUT2D eigenvalue weighted by atomic mass is 35.5. The van der Waals surface area contributed by atoms with Crippen LogP contribution in [0.3, 0.4) is 0 Å². The van der Waals surface area contributed by atoms with E-state index in [0.29, 0.717) is 6.42 Å². The lowest BCUT2D eigenvalue weighted by atomic mass is 9.93. The molecule has 0 spiro atoms. The summed E-state index contributed by atoms with van der Waals surface area (Å²) in [5, 5.41) is 8.79. The number of benzene rings is 1. The molecular weight excluding hydrogens is 305 g/mol. The molecule has 0 bridgehead atoms. The minimum absolute atomic E-state index is 0.00990. The highest BCUT2D eigenvalue weighted by molar-refractivity contribution is 7.89. The molecule has 0 aromatic heterocycles. The largest absolute Gasteiger partial charge is 0.392 e. The average molecular weight is 324 g/mol. The van der Waals surface area contributed by atoms with Crippen molar-refractivity contribution in [2.45, 2.75) is 38.7 Å². The molecule has 0 fully saturated rings. The maximum absolute atomic E-state index is 13.5. The molecule has 0 heterocycles. The maximum atomic E-state index is 13.5. The van der Waals surface area contributed by atoms with Crippen LogP contribution in [0, 0.1) is 11.2 Å². The van der Waals surface area contributed by atoms with Gasteiger partial charge in [0, 0.05) is 12.1 Å². The number of aliphatic hydroxyl groups is 1. The molecule has 0 radical (unpaired) electrons. The van der Waals surface area contributed by atoms with Crippen molar-refractivity contribution in [3.05, 3.63) is 28.5 Å². The van der Waals surface area contributed by atoms with Crippen molar-refractivity contribution in [3.8, 4) is 0 Å². The summed E-state index contributed by atoms with van der Waals surface area (Å²) in [6, 6.07) is 2.02. The first-order chi connectivity index (χ1) is 9.07. The molecule has 0 aliphatic heterocycles. The fourth-order valence-corrected chi connectivity index (χ4v) is 2.79. The van der Waals surface area contributed by atoms with Gasteiger partial charge in [-0.15, -0.1) is 0 Å². The van der Waals surface area contributed by atoms with E-state index in [1.54, 1.807) is 0 Å². The lowest BCUT2D eigenvalue weighted by Crippen LogP contribution is -2.27. The highest BCUT2D eigenvalue weighted by Gasteiger charge is 2.19. The minimum atomic E-state index is -3.81. The molecule has 0 saturated heterocycles. The monoisotopic (exact) mass is 323 g/mol. The van der Waals surface area contributed by atoms with Gasteiger partial charge in [0.05, 0.1) is 16.5 Å². The molecule has 20 heavy (non-hydrogen) atoms. The Morgan fingerprint density at radius 1 is 1.35 bits per heavy atom. The Morgan fingerprint density at radius 2 is 1.95 bits per heavy atom. The fourth-order valence-electron chi connectivity index (χ4n) is 1.53. The first-order valence-electron chi connectivity index (χ1n) is 6.15. The van der Waals surface area contributed by atoms with E-state index < -0.39 is 22.4 Å². The van der Waals surface area contributed by atoms with Crippen molar-refractivity contribution in [3.63, 3.8) is 0 Å². The van der Waals surface area contributed by atoms with Crippen LogP contribution in [-0.2, 0) is 16.6 Å². The van der Waals surface area contributed by atoms with Crippen molar-refractivity contribution < 1.29 is 17.9 Å². The Bertz CT molecular complexity index is 582. The van der Waals surface area contributed by atoms with Gasteiger partial charge in [0.1, 0.15) is 5.82 Å². The van der Waals surface area contributed by atoms with E-state index in [2.05, 4.69) is 4.72 Å². The van der Waals surface area contributed by atoms with Gasteiger partial charge in [0.15, 0.2) is 0 Å². The van der Waals surface area contributed by atoms with Crippen molar-refractivity contribution in [1.29, 1.82) is 0 Å². The van der Waals surface area contributed by atoms with Crippen LogP contribution in [0.2, 0.25) is 5.02 Å². The number of aliphatic hydroxyl groups excluding tert-OH is 1. The smallest absolute Gasteiger partial charge is 0.240 e. The van der Waals surface area contributed by atoms with Gasteiger partial charge in [0.2, 0.25) is 10.0 Å². The predicted octanol–water partition coefficient (Wildman–Crippen LogP) is 2.69. The second-order valence-corrected chi connectivity index (χ2v) is 7.89. The molecule has 4 nitrogen and oxygen atoms in total. The van der Waals surface area contributed by atoms with E-state index in [1.807, 2.05) is 20.8 Å². The van der Waals surface area contributed by atoms with Crippen LogP contribution in [0.1, 0.15) is 32.8 Å². The number of hydrogen-bond acceptors (Lipinski definition) is 3. The summed E-state index contributed by atoms with van der Waals surface area (Å²) in [6.07, 6.45) is 0.648. The molecule has 2 N–H and O–H groups in total. The molecule has 0 aliphatic carbocycles. The molecule has 1 aromatic carbocycles. The van der Waals surface area contributed by atoms with E-state index in [0.717, 1.165) is 6.07 Å². The van der Waals surface area contributed by atoms with Crippen molar-refractivity contribution in [1.82, 2.24) is 4.72 Å². The van der Waals surface area contributed by atoms with Crippen molar-refractivity contribution >= 4 is 21.6 Å². The molecule has 0 unspecified atom stereocenters. The lowest BCUT2D eigenvalue weighted by Gasteiger charge is -2.18. The first kappa shape index (κ1) is 17.4. The summed E-state index contributed by atoms with van der Waals surface area (Å²) < 4.78 is 40.0. The first-order valence-corrected chi connectivity index (χ1v) is 8.01. The van der Waals surface area contributed by atoms with Crippen LogP contribution < -0.4 is 4.72 Å². The summed E-state index contributed by atoms with van der Waals surface area (Å²) in [4.78, 5) is -0.239. The summed E-state index contributed by atoms with van der Waals surface area (Å²) >= 11 is 5.63. The summed E-state index contributed by atoms with van der Waals surface area (Å²) in [5.41, 5.74) is 0.0344. The Morgan fingerprint density at radius 3 is 2.45 bits per heavy atom. The maximum Gasteiger partial charge on any atom is 0.240 e. The average Bonchev–Trinajstić information content (AvgIpc) is 2.30. The van der Waals surface area contributed by atoms with Gasteiger partial charge in [-0.2, -0.15) is 0 Å². The fraction of sp³-hybridized carbons (Fsp3) is 0.538. The van der Waals surface area contributed by atoms with Crippen molar-refractivity contribution in [2.75, 3.05) is 6.54 Å². The van der Waals surface area contributed by atoms with Crippen LogP contribution in [0.25, 0.3) is 0 Å². The van der Waals surface area contributed by atoms with Gasteiger partial charge < -0.3 is 5.11 Å². The van der Waals surface area contributed by atoms with Gasteiger partial charge in [-0.1, -0.05) is 32.4 Å². The standard InChI is InChI=1S/C13H19ClFNO3S/c1-13(2,3)4-5-16-20(18,19)10-6-9(8-17)12(14)11(15)7-10/h6-7,16-17H,4-5,8H2,1-3H3. The second-order valence-electron chi connectivity index (χ2n) is 5.74. The van der Waals surface area contributed by atoms with E-state index >= 15 is 0 Å². The molecule has 0 aliphatic rings. The SMILES string of the molecule is CC(C)(C)CCNS(=O)(=O)c1cc(F)c(Cl)c(CO)c1. The molecule has 7 heteroatoms. The lowest BCUT2D eigenvalue weighted by molar-refractivity contribution is 0.281. The number of rotatable bonds is 5. The molecular formula is C13H19ClFNO3S. The van der Waals surface area contributed by atoms with E-state index in [-0.39, 0.29) is 27.4 Å². The summed E-state index contributed by atoms with van der Waals surface area (Å²) in [6.45, 7) is 5.71. The third-order valence-corrected chi connectivity index (χ3v) is 4.59. The Hall–Kier alpha value is -0.690. The van der Waals surface area contributed by atoms with E-state index in [4.69, 9.17) is 16.7 Å². The zero-order valence-electron chi connectivity index (χ0n) is 11.7. The van der Waals surface area contributed by atoms with Crippen LogP contribution in [0.4, 0.5) is 4.39 Å². The van der Waals surface area contributed by atoms with Crippen LogP contribution >= 0.6 is 11.6 Å². The third-order valence-electron chi connectivity index (χ3n) is 2.72. The van der Waals surface area contributed by atoms with Crippen LogP contribution in [0.5, 0.6) is 0 Å². The molecule has 0 atom stereocenters. The number of hydrogen-bond donors (Lipinski definition) is 2. The zero-order chi connectivity index (χ0) is 15.6. The normalized spacial score (nSPS) is 12.7. The molecule has 114 valence electrons. The third kappa shape index (κ3) is 4.70. The number of nitrogens with one attached hydrogen (secondary N) is 1. The quantitative estimate of drug-likeness (QED) is 0.875. The minimum Gasteiger partial charge on any atom is -0.392 e. The predicted molar refractivity (Wildman–Crippen MR) is 76.6 cm³/mol. The summed E-state index contributed by atoms with van der Waals surface area (Å²) in [5.74, 6) is -0.866. The van der Waals surface area contributed by atoms with Gasteiger partial charge >= 0.3 is 0 Å². The topological polar surface area (TPSA) is 66.4 Å². The molecule has 1 aromatic rings. The Kier molecular flexibility index (Phi) is 5.54. The zero-order valence-corrected chi connectivity index (χ0v) is 13.3. The van der Waals surface area contributed by atoms with Gasteiger partial charge in [-0.3, -0.25) is 0 Å². The van der Waals surface area contributed by atoms with E-state index in [1.165, 1.54) is 6.07 Å². The van der Waals surface area contributed by atoms with Crippen LogP contribution in [0.15, 0.2) is 17.0 Å². The van der Waals surface area contributed by atoms with Crippen LogP contribution in [-0.4, -0.2) is 20.1 Å². The molecule has 0 amide bonds. The molecule has 0 saturated carbocycles. The Labute approximate surface area is 124 Å². The Balaban J connectivity index is 2.96. The van der Waals surface area contributed by atoms with Crippen molar-refractivity contribution in [2.24, 2.45) is 5.41 Å². The summed E-state index contributed by atoms with van der Waals surface area (Å²) in [7, 11) is -3.81. The van der Waals surface area contributed by atoms with Gasteiger partial charge in [-0.05, 0) is 24.0 Å². The molecule has 1 rings (SSSR count).